The predicted molar refractivity (Wildman–Crippen MR) is 88.8 cm³/mol. The summed E-state index contributed by atoms with van der Waals surface area (Å²) in [7, 11) is 3.61. The molecule has 0 atom stereocenters. The average Bonchev–Trinajstić information content (AvgIpc) is 2.84. The Bertz CT molecular complexity index is 590. The van der Waals surface area contributed by atoms with Crippen molar-refractivity contribution in [3.05, 3.63) is 28.6 Å². The van der Waals surface area contributed by atoms with Crippen LogP contribution in [0.15, 0.2) is 11.6 Å². The molecular formula is C17H26N4O. The van der Waals surface area contributed by atoms with E-state index >= 15 is 0 Å². The summed E-state index contributed by atoms with van der Waals surface area (Å²) < 4.78 is 0. The van der Waals surface area contributed by atoms with Crippen LogP contribution in [0.2, 0.25) is 0 Å². The van der Waals surface area contributed by atoms with Gasteiger partial charge in [0.25, 0.3) is 5.91 Å². The molecule has 0 saturated heterocycles. The molecule has 0 aliphatic heterocycles. The Morgan fingerprint density at radius 3 is 2.45 bits per heavy atom. The molecule has 0 radical (unpaired) electrons. The zero-order chi connectivity index (χ0) is 16.7. The third-order valence-electron chi connectivity index (χ3n) is 3.59. The lowest BCUT2D eigenvalue weighted by atomic mass is 10.1. The second-order valence-electron chi connectivity index (χ2n) is 5.63. The minimum Gasteiger partial charge on any atom is -0.375 e. The number of H-pyrrole nitrogens is 1. The zero-order valence-electron chi connectivity index (χ0n) is 14.0. The first kappa shape index (κ1) is 17.8. The normalized spacial score (nSPS) is 11.8. The summed E-state index contributed by atoms with van der Waals surface area (Å²) in [5.41, 5.74) is 9.12. The molecule has 0 aliphatic carbocycles. The van der Waals surface area contributed by atoms with E-state index < -0.39 is 5.91 Å². The lowest BCUT2D eigenvalue weighted by Gasteiger charge is -2.17. The highest BCUT2D eigenvalue weighted by atomic mass is 16.1. The summed E-state index contributed by atoms with van der Waals surface area (Å²) in [6.07, 6.45) is 5.25. The van der Waals surface area contributed by atoms with Crippen molar-refractivity contribution in [1.82, 2.24) is 9.88 Å². The number of amides is 1. The molecule has 0 bridgehead atoms. The number of hydrogen-bond donors (Lipinski definition) is 2. The number of nitrogens with zero attached hydrogens (tertiary/aromatic N) is 2. The molecule has 1 aromatic heterocycles. The zero-order valence-corrected chi connectivity index (χ0v) is 14.0. The van der Waals surface area contributed by atoms with Crippen molar-refractivity contribution in [2.24, 2.45) is 5.73 Å². The van der Waals surface area contributed by atoms with Crippen LogP contribution < -0.4 is 5.73 Å². The Morgan fingerprint density at radius 2 is 2.00 bits per heavy atom. The molecule has 3 N–H and O–H groups in total. The SMILES string of the molecule is CCCCc1[nH]c(/C(=C(/C#N)C(N)=O)N(C)C)cc1CCC. The molecule has 0 fully saturated rings. The maximum absolute atomic E-state index is 11.5. The molecule has 5 nitrogen and oxygen atoms in total. The number of hydrogen-bond acceptors (Lipinski definition) is 3. The van der Waals surface area contributed by atoms with Crippen LogP contribution in [0.5, 0.6) is 0 Å². The average molecular weight is 302 g/mol. The molecule has 1 rings (SSSR count). The lowest BCUT2D eigenvalue weighted by Crippen LogP contribution is -2.21. The Hall–Kier alpha value is -2.22. The fourth-order valence-electron chi connectivity index (χ4n) is 2.56. The van der Waals surface area contributed by atoms with E-state index in [4.69, 9.17) is 5.73 Å². The number of unbranched alkanes of at least 4 members (excludes halogenated alkanes) is 1. The van der Waals surface area contributed by atoms with Gasteiger partial charge < -0.3 is 15.6 Å². The standard InChI is InChI=1S/C17H26N4O/c1-5-7-9-14-12(8-6-2)10-15(20-14)16(21(3)4)13(11-18)17(19)22/h10,20H,5-9H2,1-4H3,(H2,19,22)/b16-13+. The third-order valence-corrected chi connectivity index (χ3v) is 3.59. The van der Waals surface area contributed by atoms with Crippen molar-refractivity contribution in [3.8, 4) is 6.07 Å². The van der Waals surface area contributed by atoms with Crippen molar-refractivity contribution < 1.29 is 4.79 Å². The number of carbonyl (C=O) groups is 1. The quantitative estimate of drug-likeness (QED) is 0.571. The fraction of sp³-hybridized carbons (Fsp3) is 0.529. The summed E-state index contributed by atoms with van der Waals surface area (Å²) in [5, 5.41) is 9.25. The fourth-order valence-corrected chi connectivity index (χ4v) is 2.56. The second kappa shape index (κ2) is 8.28. The first-order valence-electron chi connectivity index (χ1n) is 7.78. The largest absolute Gasteiger partial charge is 0.375 e. The van der Waals surface area contributed by atoms with Gasteiger partial charge in [0.1, 0.15) is 11.6 Å². The molecular weight excluding hydrogens is 276 g/mol. The van der Waals surface area contributed by atoms with E-state index in [1.165, 1.54) is 11.3 Å². The molecule has 0 aliphatic rings. The first-order chi connectivity index (χ1) is 10.5. The highest BCUT2D eigenvalue weighted by Gasteiger charge is 2.19. The van der Waals surface area contributed by atoms with Crippen LogP contribution in [0.1, 0.15) is 50.1 Å². The number of aromatic nitrogens is 1. The maximum atomic E-state index is 11.5. The van der Waals surface area contributed by atoms with E-state index in [1.54, 1.807) is 4.90 Å². The molecule has 0 aromatic carbocycles. The number of carbonyl (C=O) groups excluding carboxylic acids is 1. The Balaban J connectivity index is 3.38. The van der Waals surface area contributed by atoms with Crippen molar-refractivity contribution >= 4 is 11.6 Å². The molecule has 5 heteroatoms. The van der Waals surface area contributed by atoms with E-state index in [1.807, 2.05) is 26.2 Å². The van der Waals surface area contributed by atoms with Gasteiger partial charge in [-0.05, 0) is 30.9 Å². The lowest BCUT2D eigenvalue weighted by molar-refractivity contribution is -0.114. The van der Waals surface area contributed by atoms with Crippen LogP contribution in [-0.4, -0.2) is 29.9 Å². The van der Waals surface area contributed by atoms with Crippen LogP contribution >= 0.6 is 0 Å². The minimum absolute atomic E-state index is 0.0173. The molecule has 1 heterocycles. The number of nitriles is 1. The van der Waals surface area contributed by atoms with Crippen LogP contribution in [0.4, 0.5) is 0 Å². The number of nitrogens with two attached hydrogens (primary N) is 1. The van der Waals surface area contributed by atoms with Crippen molar-refractivity contribution in [1.29, 1.82) is 5.26 Å². The third kappa shape index (κ3) is 4.14. The molecule has 0 spiro atoms. The Labute approximate surface area is 132 Å². The van der Waals surface area contributed by atoms with Gasteiger partial charge in [0, 0.05) is 19.8 Å². The van der Waals surface area contributed by atoms with E-state index in [0.717, 1.165) is 37.8 Å². The Morgan fingerprint density at radius 1 is 1.32 bits per heavy atom. The van der Waals surface area contributed by atoms with Crippen molar-refractivity contribution in [2.45, 2.75) is 46.0 Å². The molecule has 0 unspecified atom stereocenters. The monoisotopic (exact) mass is 302 g/mol. The topological polar surface area (TPSA) is 85.9 Å². The van der Waals surface area contributed by atoms with Gasteiger partial charge in [0.15, 0.2) is 0 Å². The van der Waals surface area contributed by atoms with E-state index in [-0.39, 0.29) is 5.57 Å². The summed E-state index contributed by atoms with van der Waals surface area (Å²) in [6, 6.07) is 3.97. The Kier molecular flexibility index (Phi) is 6.71. The number of aromatic amines is 1. The smallest absolute Gasteiger partial charge is 0.261 e. The first-order valence-corrected chi connectivity index (χ1v) is 7.78. The van der Waals surface area contributed by atoms with Gasteiger partial charge in [0.2, 0.25) is 0 Å². The van der Waals surface area contributed by atoms with E-state index in [2.05, 4.69) is 18.8 Å². The van der Waals surface area contributed by atoms with Crippen molar-refractivity contribution in [3.63, 3.8) is 0 Å². The molecule has 0 saturated carbocycles. The van der Waals surface area contributed by atoms with Gasteiger partial charge in [-0.15, -0.1) is 0 Å². The van der Waals surface area contributed by atoms with E-state index in [9.17, 15) is 10.1 Å². The summed E-state index contributed by atoms with van der Waals surface area (Å²) in [5.74, 6) is -0.701. The highest BCUT2D eigenvalue weighted by Crippen LogP contribution is 2.25. The number of primary amides is 1. The van der Waals surface area contributed by atoms with Gasteiger partial charge in [0.05, 0.1) is 11.4 Å². The van der Waals surface area contributed by atoms with Gasteiger partial charge >= 0.3 is 0 Å². The molecule has 22 heavy (non-hydrogen) atoms. The summed E-state index contributed by atoms with van der Waals surface area (Å²) in [4.78, 5) is 16.7. The van der Waals surface area contributed by atoms with Crippen LogP contribution in [0.25, 0.3) is 5.70 Å². The highest BCUT2D eigenvalue weighted by molar-refractivity contribution is 6.03. The van der Waals surface area contributed by atoms with Gasteiger partial charge in [-0.1, -0.05) is 26.7 Å². The van der Waals surface area contributed by atoms with Crippen molar-refractivity contribution in [2.75, 3.05) is 14.1 Å². The molecule has 1 amide bonds. The second-order valence-corrected chi connectivity index (χ2v) is 5.63. The number of nitrogens with one attached hydrogen (secondary N) is 1. The van der Waals surface area contributed by atoms with Gasteiger partial charge in [-0.25, -0.2) is 0 Å². The molecule has 120 valence electrons. The van der Waals surface area contributed by atoms with Gasteiger partial charge in [-0.2, -0.15) is 5.26 Å². The van der Waals surface area contributed by atoms with Crippen LogP contribution in [0, 0.1) is 11.3 Å². The number of rotatable bonds is 8. The van der Waals surface area contributed by atoms with Gasteiger partial charge in [-0.3, -0.25) is 4.79 Å². The minimum atomic E-state index is -0.701. The predicted octanol–water partition coefficient (Wildman–Crippen LogP) is 2.59. The summed E-state index contributed by atoms with van der Waals surface area (Å²) in [6.45, 7) is 4.30. The number of aryl methyl sites for hydroxylation is 2. The van der Waals surface area contributed by atoms with Crippen LogP contribution in [-0.2, 0) is 17.6 Å². The van der Waals surface area contributed by atoms with Crippen LogP contribution in [0.3, 0.4) is 0 Å². The summed E-state index contributed by atoms with van der Waals surface area (Å²) >= 11 is 0. The molecule has 1 aromatic rings. The van der Waals surface area contributed by atoms with E-state index in [0.29, 0.717) is 5.70 Å². The maximum Gasteiger partial charge on any atom is 0.261 e.